The van der Waals surface area contributed by atoms with Gasteiger partial charge in [-0.1, -0.05) is 0 Å². The van der Waals surface area contributed by atoms with Gasteiger partial charge >= 0.3 is 0 Å². The summed E-state index contributed by atoms with van der Waals surface area (Å²) in [7, 11) is 1.51. The average molecular weight is 259 g/mol. The molecule has 0 bridgehead atoms. The van der Waals surface area contributed by atoms with Gasteiger partial charge in [-0.2, -0.15) is 5.10 Å². The number of rotatable bonds is 3. The molecule has 0 atom stereocenters. The highest BCUT2D eigenvalue weighted by molar-refractivity contribution is 5.97. The zero-order valence-corrected chi connectivity index (χ0v) is 10.3. The fourth-order valence-corrected chi connectivity index (χ4v) is 1.65. The molecule has 0 aliphatic rings. The van der Waals surface area contributed by atoms with Crippen molar-refractivity contribution < 1.29 is 9.59 Å². The number of amides is 2. The summed E-state index contributed by atoms with van der Waals surface area (Å²) in [5.74, 6) is -0.907. The molecule has 7 nitrogen and oxygen atoms in total. The summed E-state index contributed by atoms with van der Waals surface area (Å²) >= 11 is 0. The molecule has 98 valence electrons. The van der Waals surface area contributed by atoms with E-state index in [0.717, 1.165) is 0 Å². The van der Waals surface area contributed by atoms with Gasteiger partial charge in [-0.05, 0) is 24.3 Å². The van der Waals surface area contributed by atoms with Gasteiger partial charge in [0.15, 0.2) is 5.69 Å². The number of anilines is 1. The van der Waals surface area contributed by atoms with E-state index in [1.54, 1.807) is 18.3 Å². The van der Waals surface area contributed by atoms with E-state index < -0.39 is 5.91 Å². The Balaban J connectivity index is 2.52. The molecule has 0 saturated heterocycles. The van der Waals surface area contributed by atoms with Crippen LogP contribution in [0.25, 0.3) is 5.69 Å². The Bertz CT molecular complexity index is 647. The lowest BCUT2D eigenvalue weighted by Crippen LogP contribution is -2.19. The first-order valence-corrected chi connectivity index (χ1v) is 5.50. The summed E-state index contributed by atoms with van der Waals surface area (Å²) in [6.45, 7) is 0. The van der Waals surface area contributed by atoms with Crippen LogP contribution < -0.4 is 16.8 Å². The number of carbonyl (C=O) groups is 2. The lowest BCUT2D eigenvalue weighted by molar-refractivity contribution is 0.0956. The Hall–Kier alpha value is -2.83. The van der Waals surface area contributed by atoms with Gasteiger partial charge in [0.2, 0.25) is 0 Å². The van der Waals surface area contributed by atoms with Crippen LogP contribution in [0.5, 0.6) is 0 Å². The molecule has 1 heterocycles. The van der Waals surface area contributed by atoms with Gasteiger partial charge in [-0.15, -0.1) is 0 Å². The van der Waals surface area contributed by atoms with Crippen molar-refractivity contribution in [3.05, 3.63) is 41.7 Å². The Labute approximate surface area is 109 Å². The van der Waals surface area contributed by atoms with E-state index >= 15 is 0 Å². The molecule has 0 aliphatic heterocycles. The summed E-state index contributed by atoms with van der Waals surface area (Å²) in [6, 6.07) is 6.20. The van der Waals surface area contributed by atoms with Gasteiger partial charge in [0, 0.05) is 18.9 Å². The highest BCUT2D eigenvalue weighted by atomic mass is 16.2. The molecule has 2 aromatic rings. The van der Waals surface area contributed by atoms with E-state index in [0.29, 0.717) is 11.4 Å². The molecule has 2 amide bonds. The number of nitrogen functional groups attached to an aromatic ring is 1. The van der Waals surface area contributed by atoms with Gasteiger partial charge in [0.1, 0.15) is 0 Å². The van der Waals surface area contributed by atoms with Crippen molar-refractivity contribution >= 4 is 17.5 Å². The first-order valence-electron chi connectivity index (χ1n) is 5.50. The zero-order chi connectivity index (χ0) is 14.0. The molecular formula is C12H13N5O2. The van der Waals surface area contributed by atoms with Crippen LogP contribution in [0.2, 0.25) is 0 Å². The number of benzene rings is 1. The number of nitrogens with one attached hydrogen (secondary N) is 1. The normalized spacial score (nSPS) is 10.2. The largest absolute Gasteiger partial charge is 0.399 e. The lowest BCUT2D eigenvalue weighted by Gasteiger charge is -2.07. The quantitative estimate of drug-likeness (QED) is 0.668. The first-order chi connectivity index (χ1) is 9.02. The molecule has 0 aliphatic carbocycles. The molecule has 1 aromatic carbocycles. The number of hydrogen-bond acceptors (Lipinski definition) is 4. The summed E-state index contributed by atoms with van der Waals surface area (Å²) in [4.78, 5) is 22.8. The molecule has 7 heteroatoms. The van der Waals surface area contributed by atoms with Gasteiger partial charge in [0.05, 0.1) is 11.3 Å². The second-order valence-corrected chi connectivity index (χ2v) is 3.87. The maximum Gasteiger partial charge on any atom is 0.271 e. The third kappa shape index (κ3) is 2.39. The van der Waals surface area contributed by atoms with Gasteiger partial charge in [-0.3, -0.25) is 9.59 Å². The maximum absolute atomic E-state index is 11.4. The summed E-state index contributed by atoms with van der Waals surface area (Å²) in [5.41, 5.74) is 12.4. The van der Waals surface area contributed by atoms with Crippen molar-refractivity contribution in [2.75, 3.05) is 12.8 Å². The Morgan fingerprint density at radius 3 is 2.68 bits per heavy atom. The molecule has 1 aromatic heterocycles. The molecule has 0 radical (unpaired) electrons. The monoisotopic (exact) mass is 259 g/mol. The van der Waals surface area contributed by atoms with Crippen LogP contribution in [0.4, 0.5) is 5.69 Å². The summed E-state index contributed by atoms with van der Waals surface area (Å²) in [6.07, 6.45) is 1.56. The lowest BCUT2D eigenvalue weighted by atomic mass is 10.1. The third-order valence-corrected chi connectivity index (χ3v) is 2.58. The van der Waals surface area contributed by atoms with E-state index in [9.17, 15) is 9.59 Å². The maximum atomic E-state index is 11.4. The van der Waals surface area contributed by atoms with Crippen LogP contribution in [-0.4, -0.2) is 28.6 Å². The Kier molecular flexibility index (Phi) is 3.19. The molecule has 19 heavy (non-hydrogen) atoms. The number of aromatic nitrogens is 2. The topological polar surface area (TPSA) is 116 Å². The van der Waals surface area contributed by atoms with Crippen molar-refractivity contribution in [1.82, 2.24) is 15.1 Å². The molecule has 0 spiro atoms. The fourth-order valence-electron chi connectivity index (χ4n) is 1.65. The van der Waals surface area contributed by atoms with Crippen LogP contribution in [0, 0.1) is 0 Å². The number of nitrogens with zero attached hydrogens (tertiary/aromatic N) is 2. The predicted octanol–water partition coefficient (Wildman–Crippen LogP) is -0.0870. The van der Waals surface area contributed by atoms with Gasteiger partial charge in [-0.25, -0.2) is 4.68 Å². The van der Waals surface area contributed by atoms with Crippen molar-refractivity contribution in [2.45, 2.75) is 0 Å². The van der Waals surface area contributed by atoms with Crippen LogP contribution >= 0.6 is 0 Å². The molecular weight excluding hydrogens is 246 g/mol. The Morgan fingerprint density at radius 1 is 1.32 bits per heavy atom. The Morgan fingerprint density at radius 2 is 2.05 bits per heavy atom. The average Bonchev–Trinajstić information content (AvgIpc) is 2.86. The second-order valence-electron chi connectivity index (χ2n) is 3.87. The van der Waals surface area contributed by atoms with Crippen molar-refractivity contribution in [3.8, 4) is 5.69 Å². The van der Waals surface area contributed by atoms with Crippen LogP contribution in [0.15, 0.2) is 30.5 Å². The van der Waals surface area contributed by atoms with Gasteiger partial charge in [0.25, 0.3) is 11.8 Å². The molecule has 0 unspecified atom stereocenters. The number of hydrogen-bond donors (Lipinski definition) is 3. The second kappa shape index (κ2) is 4.81. The van der Waals surface area contributed by atoms with Crippen LogP contribution in [0.3, 0.4) is 0 Å². The molecule has 2 rings (SSSR count). The molecule has 5 N–H and O–H groups in total. The number of carbonyl (C=O) groups excluding carboxylic acids is 2. The van der Waals surface area contributed by atoms with Gasteiger partial charge < -0.3 is 16.8 Å². The van der Waals surface area contributed by atoms with E-state index in [1.807, 2.05) is 0 Å². The highest BCUT2D eigenvalue weighted by Gasteiger charge is 2.13. The minimum atomic E-state index is -0.591. The van der Waals surface area contributed by atoms with E-state index in [4.69, 9.17) is 11.5 Å². The third-order valence-electron chi connectivity index (χ3n) is 2.58. The van der Waals surface area contributed by atoms with Crippen LogP contribution in [0.1, 0.15) is 20.8 Å². The predicted molar refractivity (Wildman–Crippen MR) is 69.9 cm³/mol. The SMILES string of the molecule is CNC(=O)c1ccn(-c2cc(N)ccc2C(N)=O)n1. The van der Waals surface area contributed by atoms with Crippen LogP contribution in [-0.2, 0) is 0 Å². The van der Waals surface area contributed by atoms with Crippen molar-refractivity contribution in [2.24, 2.45) is 5.73 Å². The summed E-state index contributed by atoms with van der Waals surface area (Å²) in [5, 5.41) is 6.54. The number of primary amides is 1. The first kappa shape index (κ1) is 12.6. The van der Waals surface area contributed by atoms with E-state index in [-0.39, 0.29) is 17.2 Å². The molecule has 0 fully saturated rings. The van der Waals surface area contributed by atoms with E-state index in [1.165, 1.54) is 23.9 Å². The van der Waals surface area contributed by atoms with Crippen molar-refractivity contribution in [1.29, 1.82) is 0 Å². The minimum absolute atomic E-state index is 0.236. The summed E-state index contributed by atoms with van der Waals surface area (Å²) < 4.78 is 1.39. The molecule has 0 saturated carbocycles. The minimum Gasteiger partial charge on any atom is -0.399 e. The fraction of sp³-hybridized carbons (Fsp3) is 0.0833. The smallest absolute Gasteiger partial charge is 0.271 e. The zero-order valence-electron chi connectivity index (χ0n) is 10.3. The standard InChI is InChI=1S/C12H13N5O2/c1-15-12(19)9-4-5-17(16-9)10-6-7(13)2-3-8(10)11(14)18/h2-6H,13H2,1H3,(H2,14,18)(H,15,19). The van der Waals surface area contributed by atoms with Crippen molar-refractivity contribution in [3.63, 3.8) is 0 Å². The number of nitrogens with two attached hydrogens (primary N) is 2. The van der Waals surface area contributed by atoms with E-state index in [2.05, 4.69) is 10.4 Å². The highest BCUT2D eigenvalue weighted by Crippen LogP contribution is 2.17.